The monoisotopic (exact) mass is 322 g/mol. The topological polar surface area (TPSA) is 43.8 Å². The van der Waals surface area contributed by atoms with E-state index in [4.69, 9.17) is 0 Å². The quantitative estimate of drug-likeness (QED) is 0.921. The van der Waals surface area contributed by atoms with Crippen LogP contribution in [0.4, 0.5) is 10.1 Å². The Balaban J connectivity index is 2.40. The third kappa shape index (κ3) is 3.50. The fourth-order valence-corrected chi connectivity index (χ4v) is 3.72. The Morgan fingerprint density at radius 2 is 1.91 bits per heavy atom. The summed E-state index contributed by atoms with van der Waals surface area (Å²) >= 11 is 0. The van der Waals surface area contributed by atoms with Crippen molar-refractivity contribution in [2.45, 2.75) is 58.7 Å². The summed E-state index contributed by atoms with van der Waals surface area (Å²) in [6.07, 6.45) is 1.99. The number of rotatable bonds is 4. The second-order valence-corrected chi connectivity index (χ2v) is 6.68. The van der Waals surface area contributed by atoms with E-state index in [2.05, 4.69) is 30.7 Å². The SMILES string of the molecule is CCN(c1cc(F)cc(C(=O)O)c1C)C1CC(C)N(C)C(C)C1. The van der Waals surface area contributed by atoms with E-state index in [1.807, 2.05) is 6.92 Å². The molecule has 0 amide bonds. The van der Waals surface area contributed by atoms with Gasteiger partial charge in [-0.2, -0.15) is 0 Å². The first-order valence-corrected chi connectivity index (χ1v) is 8.28. The average Bonchev–Trinajstić information content (AvgIpc) is 2.48. The lowest BCUT2D eigenvalue weighted by Crippen LogP contribution is -2.51. The van der Waals surface area contributed by atoms with Gasteiger partial charge in [-0.1, -0.05) is 0 Å². The van der Waals surface area contributed by atoms with Gasteiger partial charge in [0.25, 0.3) is 0 Å². The van der Waals surface area contributed by atoms with Gasteiger partial charge in [0, 0.05) is 30.4 Å². The van der Waals surface area contributed by atoms with E-state index in [0.29, 0.717) is 29.4 Å². The fourth-order valence-electron chi connectivity index (χ4n) is 3.72. The van der Waals surface area contributed by atoms with Crippen LogP contribution in [0, 0.1) is 12.7 Å². The number of benzene rings is 1. The van der Waals surface area contributed by atoms with Gasteiger partial charge in [0.15, 0.2) is 0 Å². The zero-order chi connectivity index (χ0) is 17.3. The summed E-state index contributed by atoms with van der Waals surface area (Å²) in [5, 5.41) is 9.31. The van der Waals surface area contributed by atoms with Gasteiger partial charge in [-0.15, -0.1) is 0 Å². The molecule has 1 aliphatic heterocycles. The van der Waals surface area contributed by atoms with Gasteiger partial charge in [0.05, 0.1) is 5.56 Å². The Hall–Kier alpha value is -1.62. The third-order valence-electron chi connectivity index (χ3n) is 5.28. The molecule has 2 unspecified atom stereocenters. The Labute approximate surface area is 137 Å². The summed E-state index contributed by atoms with van der Waals surface area (Å²) in [6.45, 7) is 8.95. The molecule has 128 valence electrons. The van der Waals surface area contributed by atoms with Crippen molar-refractivity contribution in [1.29, 1.82) is 0 Å². The first kappa shape index (κ1) is 17.7. The average molecular weight is 322 g/mol. The number of carboxylic acids is 1. The van der Waals surface area contributed by atoms with Crippen LogP contribution >= 0.6 is 0 Å². The first-order valence-electron chi connectivity index (χ1n) is 8.28. The minimum atomic E-state index is -1.08. The molecule has 1 heterocycles. The molecule has 2 rings (SSSR count). The molecule has 1 fully saturated rings. The molecule has 1 saturated heterocycles. The van der Waals surface area contributed by atoms with Crippen LogP contribution in [-0.4, -0.2) is 47.7 Å². The standard InChI is InChI=1S/C18H27FN2O2/c1-6-21(15-7-11(2)20(5)12(3)8-15)17-10-14(19)9-16(13(17)4)18(22)23/h9-12,15H,6-8H2,1-5H3,(H,22,23). The van der Waals surface area contributed by atoms with E-state index >= 15 is 0 Å². The minimum absolute atomic E-state index is 0.0486. The Morgan fingerprint density at radius 1 is 1.35 bits per heavy atom. The summed E-state index contributed by atoms with van der Waals surface area (Å²) in [5.41, 5.74) is 1.39. The van der Waals surface area contributed by atoms with Crippen LogP contribution in [0.15, 0.2) is 12.1 Å². The Kier molecular flexibility index (Phi) is 5.30. The molecule has 1 N–H and O–H groups in total. The number of piperidine rings is 1. The molecule has 5 heteroatoms. The van der Waals surface area contributed by atoms with E-state index in [0.717, 1.165) is 25.5 Å². The van der Waals surface area contributed by atoms with Crippen molar-refractivity contribution in [3.8, 4) is 0 Å². The van der Waals surface area contributed by atoms with Crippen molar-refractivity contribution in [1.82, 2.24) is 4.90 Å². The molecule has 0 aromatic heterocycles. The van der Waals surface area contributed by atoms with Crippen LogP contribution < -0.4 is 4.90 Å². The maximum atomic E-state index is 13.9. The van der Waals surface area contributed by atoms with Crippen LogP contribution in [0.1, 0.15) is 49.5 Å². The van der Waals surface area contributed by atoms with Crippen LogP contribution in [0.2, 0.25) is 0 Å². The van der Waals surface area contributed by atoms with Gasteiger partial charge in [0.2, 0.25) is 0 Å². The third-order valence-corrected chi connectivity index (χ3v) is 5.28. The number of halogens is 1. The Morgan fingerprint density at radius 3 is 2.39 bits per heavy atom. The van der Waals surface area contributed by atoms with Crippen molar-refractivity contribution in [3.05, 3.63) is 29.1 Å². The zero-order valence-corrected chi connectivity index (χ0v) is 14.6. The Bertz CT molecular complexity index is 579. The first-order chi connectivity index (χ1) is 10.8. The number of carboxylic acid groups (broad SMARTS) is 1. The summed E-state index contributed by atoms with van der Waals surface area (Å²) in [5.74, 6) is -1.57. The van der Waals surface area contributed by atoms with Crippen molar-refractivity contribution in [2.24, 2.45) is 0 Å². The molecule has 2 atom stereocenters. The van der Waals surface area contributed by atoms with Gasteiger partial charge < -0.3 is 14.9 Å². The van der Waals surface area contributed by atoms with Gasteiger partial charge in [-0.3, -0.25) is 0 Å². The molecule has 23 heavy (non-hydrogen) atoms. The normalized spacial score (nSPS) is 25.4. The highest BCUT2D eigenvalue weighted by atomic mass is 19.1. The highest BCUT2D eigenvalue weighted by molar-refractivity contribution is 5.91. The van der Waals surface area contributed by atoms with Crippen molar-refractivity contribution < 1.29 is 14.3 Å². The predicted molar refractivity (Wildman–Crippen MR) is 90.8 cm³/mol. The van der Waals surface area contributed by atoms with Gasteiger partial charge >= 0.3 is 5.97 Å². The van der Waals surface area contributed by atoms with Gasteiger partial charge in [-0.05, 0) is 65.3 Å². The molecule has 0 aliphatic carbocycles. The highest BCUT2D eigenvalue weighted by Gasteiger charge is 2.32. The van der Waals surface area contributed by atoms with Crippen LogP contribution in [-0.2, 0) is 0 Å². The molecule has 0 spiro atoms. The number of aromatic carboxylic acids is 1. The lowest BCUT2D eigenvalue weighted by molar-refractivity contribution is 0.0695. The zero-order valence-electron chi connectivity index (χ0n) is 14.6. The largest absolute Gasteiger partial charge is 0.478 e. The van der Waals surface area contributed by atoms with E-state index in [1.54, 1.807) is 6.92 Å². The molecule has 1 aromatic carbocycles. The van der Waals surface area contributed by atoms with E-state index < -0.39 is 11.8 Å². The lowest BCUT2D eigenvalue weighted by atomic mass is 9.91. The molecule has 4 nitrogen and oxygen atoms in total. The molecular weight excluding hydrogens is 295 g/mol. The summed E-state index contributed by atoms with van der Waals surface area (Å²) in [7, 11) is 2.14. The number of anilines is 1. The molecule has 1 aliphatic rings. The van der Waals surface area contributed by atoms with Gasteiger partial charge in [0.1, 0.15) is 5.82 Å². The maximum absolute atomic E-state index is 13.9. The molecule has 0 saturated carbocycles. The molecular formula is C18H27FN2O2. The van der Waals surface area contributed by atoms with Crippen molar-refractivity contribution in [2.75, 3.05) is 18.5 Å². The number of carbonyl (C=O) groups is 1. The number of hydrogen-bond donors (Lipinski definition) is 1. The van der Waals surface area contributed by atoms with E-state index in [1.165, 1.54) is 6.07 Å². The summed E-state index contributed by atoms with van der Waals surface area (Å²) in [4.78, 5) is 15.9. The van der Waals surface area contributed by atoms with Crippen molar-refractivity contribution in [3.63, 3.8) is 0 Å². The lowest BCUT2D eigenvalue weighted by Gasteiger charge is -2.45. The smallest absolute Gasteiger partial charge is 0.336 e. The van der Waals surface area contributed by atoms with E-state index in [9.17, 15) is 14.3 Å². The van der Waals surface area contributed by atoms with Crippen LogP contribution in [0.3, 0.4) is 0 Å². The number of hydrogen-bond acceptors (Lipinski definition) is 3. The van der Waals surface area contributed by atoms with Crippen LogP contribution in [0.5, 0.6) is 0 Å². The second kappa shape index (κ2) is 6.87. The molecule has 1 aromatic rings. The molecule has 0 bridgehead atoms. The fraction of sp³-hybridized carbons (Fsp3) is 0.611. The summed E-state index contributed by atoms with van der Waals surface area (Å²) in [6, 6.07) is 3.77. The van der Waals surface area contributed by atoms with Crippen molar-refractivity contribution >= 4 is 11.7 Å². The number of likely N-dealkylation sites (tertiary alicyclic amines) is 1. The summed E-state index contributed by atoms with van der Waals surface area (Å²) < 4.78 is 13.9. The van der Waals surface area contributed by atoms with Gasteiger partial charge in [-0.25, -0.2) is 9.18 Å². The van der Waals surface area contributed by atoms with Crippen LogP contribution in [0.25, 0.3) is 0 Å². The van der Waals surface area contributed by atoms with E-state index in [-0.39, 0.29) is 5.56 Å². The highest BCUT2D eigenvalue weighted by Crippen LogP contribution is 2.32. The number of nitrogens with zero attached hydrogens (tertiary/aromatic N) is 2. The molecule has 0 radical (unpaired) electrons. The second-order valence-electron chi connectivity index (χ2n) is 6.68. The predicted octanol–water partition coefficient (Wildman–Crippen LogP) is 3.53. The maximum Gasteiger partial charge on any atom is 0.336 e. The minimum Gasteiger partial charge on any atom is -0.478 e.